The molecule has 3 rings (SSSR count). The van der Waals surface area contributed by atoms with E-state index in [0.29, 0.717) is 18.4 Å². The summed E-state index contributed by atoms with van der Waals surface area (Å²) in [6.45, 7) is 13.9. The molecule has 0 amide bonds. The average molecular weight is 723 g/mol. The summed E-state index contributed by atoms with van der Waals surface area (Å²) in [5.74, 6) is -3.73. The van der Waals surface area contributed by atoms with Gasteiger partial charge in [-0.3, -0.25) is 24.0 Å². The van der Waals surface area contributed by atoms with Crippen molar-refractivity contribution >= 4 is 35.8 Å². The van der Waals surface area contributed by atoms with E-state index in [9.17, 15) is 28.8 Å². The van der Waals surface area contributed by atoms with Crippen LogP contribution in [0.1, 0.15) is 94.4 Å². The Morgan fingerprint density at radius 3 is 2.00 bits per heavy atom. The number of ether oxygens (including phenoxy) is 8. The van der Waals surface area contributed by atoms with Gasteiger partial charge in [0.15, 0.2) is 24.6 Å². The van der Waals surface area contributed by atoms with Gasteiger partial charge in [0.1, 0.15) is 19.3 Å². The first-order valence-electron chi connectivity index (χ1n) is 17.4. The second-order valence-electron chi connectivity index (χ2n) is 14.2. The minimum absolute atomic E-state index is 0.0373. The van der Waals surface area contributed by atoms with Crippen LogP contribution in [0.2, 0.25) is 0 Å². The first-order chi connectivity index (χ1) is 23.8. The molecule has 1 unspecified atom stereocenters. The molecule has 2 aliphatic carbocycles. The van der Waals surface area contributed by atoms with Crippen molar-refractivity contribution in [1.82, 2.24) is 0 Å². The number of methoxy groups -OCH3 is 1. The molecule has 0 aromatic carbocycles. The summed E-state index contributed by atoms with van der Waals surface area (Å²) in [5, 5.41) is 0. The number of rotatable bonds is 13. The molecule has 0 radical (unpaired) electrons. The highest BCUT2D eigenvalue weighted by Gasteiger charge is 2.60. The fourth-order valence-electron chi connectivity index (χ4n) is 8.13. The number of allylic oxidation sites excluding steroid dienone is 1. The van der Waals surface area contributed by atoms with Crippen LogP contribution in [0.4, 0.5) is 0 Å². The second kappa shape index (κ2) is 17.6. The molecule has 3 aliphatic rings. The smallest absolute Gasteiger partial charge is 0.333 e. The van der Waals surface area contributed by atoms with Crippen LogP contribution in [0, 0.1) is 22.7 Å². The van der Waals surface area contributed by atoms with Crippen LogP contribution in [-0.4, -0.2) is 92.9 Å². The largest absolute Gasteiger partial charge is 0.466 e. The zero-order valence-electron chi connectivity index (χ0n) is 31.4. The first-order valence-corrected chi connectivity index (χ1v) is 17.4. The lowest BCUT2D eigenvalue weighted by atomic mass is 9.46. The normalized spacial score (nSPS) is 32.6. The van der Waals surface area contributed by atoms with Gasteiger partial charge in [-0.25, -0.2) is 4.79 Å². The lowest BCUT2D eigenvalue weighted by Gasteiger charge is -2.60. The third-order valence-corrected chi connectivity index (χ3v) is 10.7. The molecule has 0 aromatic heterocycles. The van der Waals surface area contributed by atoms with E-state index in [1.54, 1.807) is 6.08 Å². The summed E-state index contributed by atoms with van der Waals surface area (Å²) in [4.78, 5) is 73.9. The Hall–Kier alpha value is -3.78. The van der Waals surface area contributed by atoms with Crippen LogP contribution in [0.5, 0.6) is 0 Å². The summed E-state index contributed by atoms with van der Waals surface area (Å²) >= 11 is 0. The van der Waals surface area contributed by atoms with Gasteiger partial charge < -0.3 is 37.9 Å². The Morgan fingerprint density at radius 2 is 1.43 bits per heavy atom. The molecule has 1 saturated heterocycles. The van der Waals surface area contributed by atoms with Crippen LogP contribution >= 0.6 is 0 Å². The van der Waals surface area contributed by atoms with E-state index in [4.69, 9.17) is 37.9 Å². The Bertz CT molecular complexity index is 1380. The van der Waals surface area contributed by atoms with Crippen LogP contribution in [-0.2, 0) is 66.7 Å². The maximum absolute atomic E-state index is 13.1. The number of fused-ring (bicyclic) bond motifs is 1. The van der Waals surface area contributed by atoms with Crippen molar-refractivity contribution in [3.63, 3.8) is 0 Å². The van der Waals surface area contributed by atoms with Crippen molar-refractivity contribution in [3.05, 3.63) is 23.3 Å². The highest BCUT2D eigenvalue weighted by atomic mass is 16.7. The van der Waals surface area contributed by atoms with Gasteiger partial charge in [-0.2, -0.15) is 0 Å². The van der Waals surface area contributed by atoms with Crippen LogP contribution in [0.3, 0.4) is 0 Å². The topological polar surface area (TPSA) is 176 Å². The van der Waals surface area contributed by atoms with Crippen LogP contribution in [0.15, 0.2) is 23.3 Å². The van der Waals surface area contributed by atoms with E-state index in [1.807, 2.05) is 13.0 Å². The average Bonchev–Trinajstić information content (AvgIpc) is 3.03. The number of hydrogen-bond acceptors (Lipinski definition) is 14. The zero-order valence-corrected chi connectivity index (χ0v) is 31.4. The van der Waals surface area contributed by atoms with Gasteiger partial charge >= 0.3 is 35.8 Å². The predicted octanol–water partition coefficient (Wildman–Crippen LogP) is 4.31. The van der Waals surface area contributed by atoms with Crippen LogP contribution < -0.4 is 0 Å². The van der Waals surface area contributed by atoms with Crippen molar-refractivity contribution in [2.75, 3.05) is 20.3 Å². The number of hydrogen-bond donors (Lipinski definition) is 0. The van der Waals surface area contributed by atoms with Crippen LogP contribution in [0.25, 0.3) is 0 Å². The second-order valence-corrected chi connectivity index (χ2v) is 14.2. The third kappa shape index (κ3) is 9.97. The van der Waals surface area contributed by atoms with E-state index in [-0.39, 0.29) is 24.4 Å². The van der Waals surface area contributed by atoms with Gasteiger partial charge in [0.2, 0.25) is 0 Å². The quantitative estimate of drug-likeness (QED) is 0.149. The number of carbonyl (C=O) groups excluding carboxylic acids is 6. The fraction of sp³-hybridized carbons (Fsp3) is 0.730. The van der Waals surface area contributed by atoms with Crippen molar-refractivity contribution in [2.24, 2.45) is 22.7 Å². The van der Waals surface area contributed by atoms with Gasteiger partial charge in [0.25, 0.3) is 0 Å². The Morgan fingerprint density at radius 1 is 0.843 bits per heavy atom. The summed E-state index contributed by atoms with van der Waals surface area (Å²) in [6.07, 6.45) is -0.538. The number of esters is 6. The Labute approximate surface area is 299 Å². The molecular weight excluding hydrogens is 668 g/mol. The van der Waals surface area contributed by atoms with E-state index in [2.05, 4.69) is 20.8 Å². The van der Waals surface area contributed by atoms with Crippen molar-refractivity contribution in [3.8, 4) is 0 Å². The molecule has 2 fully saturated rings. The summed E-state index contributed by atoms with van der Waals surface area (Å²) < 4.78 is 46.0. The van der Waals surface area contributed by atoms with Gasteiger partial charge in [-0.05, 0) is 56.9 Å². The van der Waals surface area contributed by atoms with E-state index in [1.165, 1.54) is 27.9 Å². The molecule has 0 N–H and O–H groups in total. The number of carbonyl (C=O) groups is 6. The molecular formula is C37H54O14. The molecule has 10 atom stereocenters. The molecule has 1 aliphatic heterocycles. The third-order valence-electron chi connectivity index (χ3n) is 10.7. The SMILES string of the molecule is COC(=O)C1=CCC[C@@H]2[C@@](C)(C(C/C(C)=C/COC(C)=O)O[C@@H]3O[C@H](COC(C)=O)[C@@H](OC(C)=O)[C@H](OC(C)=O)[C@H]3OC(C)=O)[C@H](C)CC[C@@]12C. The minimum atomic E-state index is -1.41. The highest BCUT2D eigenvalue weighted by molar-refractivity contribution is 5.90. The van der Waals surface area contributed by atoms with Gasteiger partial charge in [-0.1, -0.05) is 32.4 Å². The van der Waals surface area contributed by atoms with Crippen molar-refractivity contribution in [2.45, 2.75) is 131 Å². The molecule has 51 heavy (non-hydrogen) atoms. The minimum Gasteiger partial charge on any atom is -0.466 e. The fourth-order valence-corrected chi connectivity index (χ4v) is 8.13. The van der Waals surface area contributed by atoms with Crippen molar-refractivity contribution in [1.29, 1.82) is 0 Å². The van der Waals surface area contributed by atoms with Gasteiger partial charge in [0.05, 0.1) is 13.2 Å². The molecule has 1 heterocycles. The predicted molar refractivity (Wildman–Crippen MR) is 179 cm³/mol. The standard InChI is InChI=1S/C37H54O14/c1-20(15-17-45-22(3)38)18-30(37(9)21(2)14-16-36(8)27(34(43)44-10)12-11-13-29(36)37)51-35-33(49-26(7)42)32(48-25(6)41)31(47-24(5)40)28(50-35)19-46-23(4)39/h12,15,21,28-33,35H,11,13-14,16-19H2,1-10H3/b20-15+/t21-,28-,29+,30?,31-,32+,33-,35+,36+,37+/m1/s1. The molecule has 0 spiro atoms. The Balaban J connectivity index is 2.20. The summed E-state index contributed by atoms with van der Waals surface area (Å²) in [5.41, 5.74) is 0.223. The monoisotopic (exact) mass is 722 g/mol. The lowest BCUT2D eigenvalue weighted by Crippen LogP contribution is -2.64. The summed E-state index contributed by atoms with van der Waals surface area (Å²) in [6, 6.07) is 0. The molecule has 14 heteroatoms. The molecule has 0 aromatic rings. The molecule has 0 bridgehead atoms. The Kier molecular flexibility index (Phi) is 14.4. The highest BCUT2D eigenvalue weighted by Crippen LogP contribution is 2.63. The zero-order chi connectivity index (χ0) is 38.3. The maximum atomic E-state index is 13.1. The molecule has 1 saturated carbocycles. The van der Waals surface area contributed by atoms with Crippen molar-refractivity contribution < 1.29 is 66.7 Å². The summed E-state index contributed by atoms with van der Waals surface area (Å²) in [7, 11) is 1.37. The first kappa shape index (κ1) is 41.6. The maximum Gasteiger partial charge on any atom is 0.333 e. The molecule has 14 nitrogen and oxygen atoms in total. The lowest BCUT2D eigenvalue weighted by molar-refractivity contribution is -0.330. The van der Waals surface area contributed by atoms with E-state index in [0.717, 1.165) is 38.7 Å². The van der Waals surface area contributed by atoms with E-state index >= 15 is 0 Å². The van der Waals surface area contributed by atoms with E-state index < -0.39 is 84.1 Å². The van der Waals surface area contributed by atoms with Gasteiger partial charge in [-0.15, -0.1) is 0 Å². The van der Waals surface area contributed by atoms with Gasteiger partial charge in [0, 0.05) is 51.0 Å². The molecule has 286 valence electrons.